The van der Waals surface area contributed by atoms with Gasteiger partial charge >= 0.3 is 6.09 Å². The first-order chi connectivity index (χ1) is 10.1. The minimum absolute atomic E-state index is 0.216. The molecular formula is C15H18BrNO4. The number of rotatable bonds is 6. The molecule has 1 unspecified atom stereocenters. The second kappa shape index (κ2) is 7.45. The van der Waals surface area contributed by atoms with Crippen molar-refractivity contribution in [1.29, 1.82) is 0 Å². The lowest BCUT2D eigenvalue weighted by Crippen LogP contribution is -2.37. The first-order valence-corrected chi connectivity index (χ1v) is 7.78. The second-order valence-corrected chi connectivity index (χ2v) is 5.92. The summed E-state index contributed by atoms with van der Waals surface area (Å²) in [5.41, 5.74) is 1.20. The zero-order chi connectivity index (χ0) is 15.2. The third kappa shape index (κ3) is 4.20. The van der Waals surface area contributed by atoms with E-state index in [1.807, 2.05) is 24.3 Å². The molecule has 1 aromatic carbocycles. The van der Waals surface area contributed by atoms with Gasteiger partial charge in [-0.3, -0.25) is 4.79 Å². The van der Waals surface area contributed by atoms with Crippen molar-refractivity contribution in [2.24, 2.45) is 0 Å². The highest BCUT2D eigenvalue weighted by Gasteiger charge is 2.31. The standard InChI is InChI=1S/C15H18BrNO4/c1-20-12-7-5-11(6-8-12)3-2-4-13(16)14(18)17-9-10-21-15(17)19/h5-8,13H,2-4,9-10H2,1H3. The number of carbonyl (C=O) groups excluding carboxylic acids is 2. The highest BCUT2D eigenvalue weighted by Crippen LogP contribution is 2.18. The van der Waals surface area contributed by atoms with E-state index in [2.05, 4.69) is 15.9 Å². The molecule has 114 valence electrons. The fraction of sp³-hybridized carbons (Fsp3) is 0.467. The Kier molecular flexibility index (Phi) is 5.61. The molecule has 0 spiro atoms. The number of benzene rings is 1. The maximum absolute atomic E-state index is 12.0. The molecule has 6 heteroatoms. The minimum Gasteiger partial charge on any atom is -0.497 e. The molecule has 21 heavy (non-hydrogen) atoms. The van der Waals surface area contributed by atoms with Crippen LogP contribution in [0.3, 0.4) is 0 Å². The van der Waals surface area contributed by atoms with E-state index in [1.165, 1.54) is 5.56 Å². The van der Waals surface area contributed by atoms with Crippen LogP contribution in [0.5, 0.6) is 5.75 Å². The summed E-state index contributed by atoms with van der Waals surface area (Å²) in [6, 6.07) is 7.88. The van der Waals surface area contributed by atoms with Crippen molar-refractivity contribution in [2.45, 2.75) is 24.1 Å². The van der Waals surface area contributed by atoms with Crippen LogP contribution >= 0.6 is 15.9 Å². The SMILES string of the molecule is COc1ccc(CCCC(Br)C(=O)N2CCOC2=O)cc1. The molecule has 0 bridgehead atoms. The molecule has 1 fully saturated rings. The summed E-state index contributed by atoms with van der Waals surface area (Å²) < 4.78 is 9.87. The van der Waals surface area contributed by atoms with Crippen molar-refractivity contribution in [1.82, 2.24) is 4.90 Å². The molecule has 1 saturated heterocycles. The topological polar surface area (TPSA) is 55.8 Å². The molecule has 1 aromatic rings. The van der Waals surface area contributed by atoms with E-state index >= 15 is 0 Å². The fourth-order valence-corrected chi connectivity index (χ4v) is 2.73. The third-order valence-corrected chi connectivity index (χ3v) is 4.23. The lowest BCUT2D eigenvalue weighted by atomic mass is 10.1. The summed E-state index contributed by atoms with van der Waals surface area (Å²) in [5, 5.41) is 0. The molecule has 2 amide bonds. The van der Waals surface area contributed by atoms with Gasteiger partial charge in [-0.1, -0.05) is 28.1 Å². The van der Waals surface area contributed by atoms with Gasteiger partial charge in [0.2, 0.25) is 5.91 Å². The number of methoxy groups -OCH3 is 1. The van der Waals surface area contributed by atoms with Crippen LogP contribution in [0.15, 0.2) is 24.3 Å². The summed E-state index contributed by atoms with van der Waals surface area (Å²) in [6.45, 7) is 0.633. The van der Waals surface area contributed by atoms with Crippen molar-refractivity contribution in [2.75, 3.05) is 20.3 Å². The van der Waals surface area contributed by atoms with Gasteiger partial charge < -0.3 is 9.47 Å². The van der Waals surface area contributed by atoms with E-state index in [0.717, 1.165) is 23.5 Å². The Balaban J connectivity index is 1.76. The minimum atomic E-state index is -0.542. The smallest absolute Gasteiger partial charge is 0.416 e. The first-order valence-electron chi connectivity index (χ1n) is 6.87. The molecule has 1 aliphatic heterocycles. The van der Waals surface area contributed by atoms with E-state index in [0.29, 0.717) is 13.0 Å². The highest BCUT2D eigenvalue weighted by molar-refractivity contribution is 9.10. The molecule has 0 aromatic heterocycles. The van der Waals surface area contributed by atoms with E-state index < -0.39 is 6.09 Å². The van der Waals surface area contributed by atoms with Gasteiger partial charge in [0.1, 0.15) is 12.4 Å². The van der Waals surface area contributed by atoms with Crippen LogP contribution in [0.1, 0.15) is 18.4 Å². The molecule has 0 N–H and O–H groups in total. The van der Waals surface area contributed by atoms with Crippen molar-refractivity contribution in [3.05, 3.63) is 29.8 Å². The fourth-order valence-electron chi connectivity index (χ4n) is 2.16. The highest BCUT2D eigenvalue weighted by atomic mass is 79.9. The van der Waals surface area contributed by atoms with Crippen molar-refractivity contribution >= 4 is 27.9 Å². The monoisotopic (exact) mass is 355 g/mol. The van der Waals surface area contributed by atoms with Gasteiger partial charge in [0.25, 0.3) is 0 Å². The number of ether oxygens (including phenoxy) is 2. The molecule has 1 atom stereocenters. The molecule has 1 aliphatic rings. The summed E-state index contributed by atoms with van der Waals surface area (Å²) in [5.74, 6) is 0.618. The number of nitrogens with zero attached hydrogens (tertiary/aromatic N) is 1. The van der Waals surface area contributed by atoms with Gasteiger partial charge in [-0.05, 0) is 37.0 Å². The molecule has 0 saturated carbocycles. The lowest BCUT2D eigenvalue weighted by Gasteiger charge is -2.15. The van der Waals surface area contributed by atoms with Crippen LogP contribution in [0.4, 0.5) is 4.79 Å². The average molecular weight is 356 g/mol. The second-order valence-electron chi connectivity index (χ2n) is 4.81. The molecule has 1 heterocycles. The van der Waals surface area contributed by atoms with Crippen molar-refractivity contribution in [3.8, 4) is 5.75 Å². The molecular weight excluding hydrogens is 338 g/mol. The van der Waals surface area contributed by atoms with E-state index in [-0.39, 0.29) is 17.3 Å². The van der Waals surface area contributed by atoms with Crippen LogP contribution in [0.2, 0.25) is 0 Å². The van der Waals surface area contributed by atoms with Gasteiger partial charge in [0, 0.05) is 0 Å². The first kappa shape index (κ1) is 15.8. The van der Waals surface area contributed by atoms with Crippen LogP contribution in [-0.2, 0) is 16.0 Å². The van der Waals surface area contributed by atoms with E-state index in [4.69, 9.17) is 9.47 Å². The zero-order valence-corrected chi connectivity index (χ0v) is 13.5. The molecule has 0 radical (unpaired) electrons. The van der Waals surface area contributed by atoms with Crippen molar-refractivity contribution in [3.63, 3.8) is 0 Å². The Hall–Kier alpha value is -1.56. The summed E-state index contributed by atoms with van der Waals surface area (Å²) >= 11 is 3.36. The molecule has 2 rings (SSSR count). The van der Waals surface area contributed by atoms with Gasteiger partial charge in [-0.2, -0.15) is 0 Å². The van der Waals surface area contributed by atoms with Gasteiger partial charge in [-0.25, -0.2) is 9.69 Å². The van der Waals surface area contributed by atoms with Crippen LogP contribution in [0.25, 0.3) is 0 Å². The zero-order valence-electron chi connectivity index (χ0n) is 11.9. The Morgan fingerprint density at radius 3 is 2.71 bits per heavy atom. The Morgan fingerprint density at radius 1 is 1.43 bits per heavy atom. The summed E-state index contributed by atoms with van der Waals surface area (Å²) in [6.07, 6.45) is 1.87. The Bertz CT molecular complexity index is 503. The maximum Gasteiger partial charge on any atom is 0.416 e. The number of hydrogen-bond acceptors (Lipinski definition) is 4. The average Bonchev–Trinajstić information content (AvgIpc) is 2.93. The number of hydrogen-bond donors (Lipinski definition) is 0. The third-order valence-electron chi connectivity index (χ3n) is 3.38. The number of amides is 2. The number of halogens is 1. The van der Waals surface area contributed by atoms with Gasteiger partial charge in [0.15, 0.2) is 0 Å². The lowest BCUT2D eigenvalue weighted by molar-refractivity contribution is -0.127. The van der Waals surface area contributed by atoms with E-state index in [1.54, 1.807) is 7.11 Å². The summed E-state index contributed by atoms with van der Waals surface area (Å²) in [4.78, 5) is 24.2. The Labute approximate surface area is 132 Å². The predicted molar refractivity (Wildman–Crippen MR) is 81.7 cm³/mol. The van der Waals surface area contributed by atoms with Crippen LogP contribution < -0.4 is 4.74 Å². The molecule has 5 nitrogen and oxygen atoms in total. The number of cyclic esters (lactones) is 1. The summed E-state index contributed by atoms with van der Waals surface area (Å²) in [7, 11) is 1.64. The van der Waals surface area contributed by atoms with Gasteiger partial charge in [-0.15, -0.1) is 0 Å². The number of alkyl halides is 1. The quantitative estimate of drug-likeness (QED) is 0.736. The predicted octanol–water partition coefficient (Wildman–Crippen LogP) is 2.76. The number of imide groups is 1. The number of carbonyl (C=O) groups is 2. The number of aryl methyl sites for hydroxylation is 1. The largest absolute Gasteiger partial charge is 0.497 e. The van der Waals surface area contributed by atoms with E-state index in [9.17, 15) is 9.59 Å². The van der Waals surface area contributed by atoms with Gasteiger partial charge in [0.05, 0.1) is 18.5 Å². The maximum atomic E-state index is 12.0. The van der Waals surface area contributed by atoms with Crippen molar-refractivity contribution < 1.29 is 19.1 Å². The molecule has 0 aliphatic carbocycles. The van der Waals surface area contributed by atoms with Crippen LogP contribution in [-0.4, -0.2) is 42.0 Å². The normalized spacial score (nSPS) is 15.7. The Morgan fingerprint density at radius 2 is 2.14 bits per heavy atom. The van der Waals surface area contributed by atoms with Crippen LogP contribution in [0, 0.1) is 0 Å².